The highest BCUT2D eigenvalue weighted by Gasteiger charge is 2.30. The largest absolute Gasteiger partial charge is 0.368 e. The first kappa shape index (κ1) is 12.7. The van der Waals surface area contributed by atoms with Gasteiger partial charge in [-0.05, 0) is 31.5 Å². The fourth-order valence-corrected chi connectivity index (χ4v) is 2.28. The van der Waals surface area contributed by atoms with E-state index in [-0.39, 0.29) is 18.4 Å². The van der Waals surface area contributed by atoms with Crippen LogP contribution >= 0.6 is 0 Å². The molecule has 0 aliphatic carbocycles. The van der Waals surface area contributed by atoms with Gasteiger partial charge >= 0.3 is 0 Å². The van der Waals surface area contributed by atoms with Crippen molar-refractivity contribution in [2.45, 2.75) is 18.9 Å². The average molecular weight is 250 g/mol. The lowest BCUT2D eigenvalue weighted by atomic mass is 10.1. The maximum absolute atomic E-state index is 13.0. The Kier molecular flexibility index (Phi) is 3.72. The molecule has 1 fully saturated rings. The van der Waals surface area contributed by atoms with Crippen molar-refractivity contribution in [2.24, 2.45) is 5.73 Å². The van der Waals surface area contributed by atoms with E-state index < -0.39 is 11.7 Å². The molecule has 1 atom stereocenters. The summed E-state index contributed by atoms with van der Waals surface area (Å²) < 4.78 is 13.0. The maximum Gasteiger partial charge on any atom is 0.234 e. The summed E-state index contributed by atoms with van der Waals surface area (Å²) in [5.41, 5.74) is 5.60. The molecule has 2 rings (SSSR count). The second-order valence-corrected chi connectivity index (χ2v) is 4.46. The number of nitrogens with two attached hydrogens (primary N) is 1. The van der Waals surface area contributed by atoms with E-state index in [1.807, 2.05) is 0 Å². The molecule has 96 valence electrons. The van der Waals surface area contributed by atoms with Gasteiger partial charge in [0.1, 0.15) is 5.82 Å². The topological polar surface area (TPSA) is 63.4 Å². The first-order valence-corrected chi connectivity index (χ1v) is 5.90. The fourth-order valence-electron chi connectivity index (χ4n) is 2.28. The molecule has 1 aromatic carbocycles. The van der Waals surface area contributed by atoms with E-state index in [4.69, 9.17) is 5.73 Å². The first-order chi connectivity index (χ1) is 8.58. The first-order valence-electron chi connectivity index (χ1n) is 5.90. The van der Waals surface area contributed by atoms with Gasteiger partial charge in [-0.3, -0.25) is 14.5 Å². The van der Waals surface area contributed by atoms with Crippen molar-refractivity contribution in [3.8, 4) is 0 Å². The molecule has 18 heavy (non-hydrogen) atoms. The number of carbonyl (C=O) groups is 2. The van der Waals surface area contributed by atoms with Gasteiger partial charge in [0.2, 0.25) is 5.91 Å². The lowest BCUT2D eigenvalue weighted by Crippen LogP contribution is -2.42. The number of likely N-dealkylation sites (tertiary alicyclic amines) is 1. The Hall–Kier alpha value is -1.75. The Balaban J connectivity index is 2.05. The van der Waals surface area contributed by atoms with Gasteiger partial charge in [0.05, 0.1) is 12.6 Å². The van der Waals surface area contributed by atoms with Crippen LogP contribution < -0.4 is 5.73 Å². The van der Waals surface area contributed by atoms with Crippen LogP contribution in [0.2, 0.25) is 0 Å². The molecule has 0 radical (unpaired) electrons. The lowest BCUT2D eigenvalue weighted by molar-refractivity contribution is -0.122. The number of rotatable bonds is 4. The molecule has 1 unspecified atom stereocenters. The predicted molar refractivity (Wildman–Crippen MR) is 64.5 cm³/mol. The Bertz CT molecular complexity index is 476. The highest BCUT2D eigenvalue weighted by Crippen LogP contribution is 2.17. The fraction of sp³-hybridized carbons (Fsp3) is 0.385. The summed E-state index contributed by atoms with van der Waals surface area (Å²) >= 11 is 0. The molecule has 5 heteroatoms. The van der Waals surface area contributed by atoms with E-state index in [0.717, 1.165) is 6.42 Å². The summed E-state index contributed by atoms with van der Waals surface area (Å²) in [4.78, 5) is 24.9. The summed E-state index contributed by atoms with van der Waals surface area (Å²) in [5.74, 6) is -1.03. The van der Waals surface area contributed by atoms with Crippen LogP contribution in [0.5, 0.6) is 0 Å². The van der Waals surface area contributed by atoms with E-state index in [9.17, 15) is 14.0 Å². The zero-order valence-corrected chi connectivity index (χ0v) is 9.93. The van der Waals surface area contributed by atoms with Gasteiger partial charge in [-0.25, -0.2) is 4.39 Å². The molecule has 1 aliphatic rings. The van der Waals surface area contributed by atoms with Gasteiger partial charge in [-0.15, -0.1) is 0 Å². The number of carbonyl (C=O) groups excluding carboxylic acids is 2. The third kappa shape index (κ3) is 2.73. The number of Topliss-reactive ketones (excluding diaryl/α,β-unsaturated/α-hetero) is 1. The number of ketones is 1. The van der Waals surface area contributed by atoms with Crippen LogP contribution in [0, 0.1) is 5.82 Å². The molecule has 1 heterocycles. The number of primary amides is 1. The number of hydrogen-bond donors (Lipinski definition) is 1. The molecule has 0 aromatic heterocycles. The number of benzene rings is 1. The number of hydrogen-bond acceptors (Lipinski definition) is 3. The average Bonchev–Trinajstić information content (AvgIpc) is 2.77. The standard InChI is InChI=1S/C13H15FN2O2/c14-10-4-1-3-9(7-10)12(17)8-16-6-2-5-11(16)13(15)18/h1,3-4,7,11H,2,5-6,8H2,(H2,15,18). The summed E-state index contributed by atoms with van der Waals surface area (Å²) in [7, 11) is 0. The Labute approximate surface area is 105 Å². The number of amides is 1. The highest BCUT2D eigenvalue weighted by molar-refractivity contribution is 5.98. The van der Waals surface area contributed by atoms with Crippen LogP contribution in [0.4, 0.5) is 4.39 Å². The van der Waals surface area contributed by atoms with Gasteiger partial charge in [0.15, 0.2) is 5.78 Å². The van der Waals surface area contributed by atoms with Crippen molar-refractivity contribution in [3.63, 3.8) is 0 Å². The van der Waals surface area contributed by atoms with Gasteiger partial charge in [-0.1, -0.05) is 12.1 Å². The van der Waals surface area contributed by atoms with E-state index in [0.29, 0.717) is 18.5 Å². The molecule has 0 spiro atoms. The van der Waals surface area contributed by atoms with E-state index >= 15 is 0 Å². The SMILES string of the molecule is NC(=O)C1CCCN1CC(=O)c1cccc(F)c1. The molecule has 0 bridgehead atoms. The predicted octanol–water partition coefficient (Wildman–Crippen LogP) is 0.958. The summed E-state index contributed by atoms with van der Waals surface area (Å²) in [6.07, 6.45) is 1.54. The van der Waals surface area contributed by atoms with Crippen LogP contribution in [0.15, 0.2) is 24.3 Å². The van der Waals surface area contributed by atoms with Gasteiger partial charge in [0, 0.05) is 5.56 Å². The summed E-state index contributed by atoms with van der Waals surface area (Å²) in [6, 6.07) is 5.19. The van der Waals surface area contributed by atoms with Gasteiger partial charge in [0.25, 0.3) is 0 Å². The number of nitrogens with zero attached hydrogens (tertiary/aromatic N) is 1. The monoisotopic (exact) mass is 250 g/mol. The molecule has 0 saturated carbocycles. The Morgan fingerprint density at radius 1 is 1.44 bits per heavy atom. The highest BCUT2D eigenvalue weighted by atomic mass is 19.1. The summed E-state index contributed by atoms with van der Waals surface area (Å²) in [5, 5.41) is 0. The molecule has 1 amide bonds. The van der Waals surface area contributed by atoms with Crippen molar-refractivity contribution in [2.75, 3.05) is 13.1 Å². The van der Waals surface area contributed by atoms with Gasteiger partial charge < -0.3 is 5.73 Å². The summed E-state index contributed by atoms with van der Waals surface area (Å²) in [6.45, 7) is 0.783. The second kappa shape index (κ2) is 5.27. The van der Waals surface area contributed by atoms with Crippen LogP contribution in [0.1, 0.15) is 23.2 Å². The maximum atomic E-state index is 13.0. The Morgan fingerprint density at radius 2 is 2.22 bits per heavy atom. The van der Waals surface area contributed by atoms with Crippen molar-refractivity contribution < 1.29 is 14.0 Å². The van der Waals surface area contributed by atoms with Crippen LogP contribution in [0.3, 0.4) is 0 Å². The lowest BCUT2D eigenvalue weighted by Gasteiger charge is -2.20. The van der Waals surface area contributed by atoms with Crippen molar-refractivity contribution in [1.29, 1.82) is 0 Å². The van der Waals surface area contributed by atoms with E-state index in [2.05, 4.69) is 0 Å². The van der Waals surface area contributed by atoms with Gasteiger partial charge in [-0.2, -0.15) is 0 Å². The normalized spacial score (nSPS) is 19.9. The molecule has 1 aromatic rings. The molecule has 1 saturated heterocycles. The third-order valence-electron chi connectivity index (χ3n) is 3.19. The third-order valence-corrected chi connectivity index (χ3v) is 3.19. The number of halogens is 1. The molecule has 2 N–H and O–H groups in total. The minimum Gasteiger partial charge on any atom is -0.368 e. The molecule has 4 nitrogen and oxygen atoms in total. The molecular formula is C13H15FN2O2. The van der Waals surface area contributed by atoms with E-state index in [1.54, 1.807) is 11.0 Å². The quantitative estimate of drug-likeness (QED) is 0.809. The Morgan fingerprint density at radius 3 is 2.89 bits per heavy atom. The van der Waals surface area contributed by atoms with Crippen LogP contribution in [-0.2, 0) is 4.79 Å². The minimum absolute atomic E-state index is 0.108. The van der Waals surface area contributed by atoms with Crippen molar-refractivity contribution in [1.82, 2.24) is 4.90 Å². The smallest absolute Gasteiger partial charge is 0.234 e. The molecular weight excluding hydrogens is 235 g/mol. The molecule has 1 aliphatic heterocycles. The zero-order chi connectivity index (χ0) is 13.1. The minimum atomic E-state index is -0.436. The second-order valence-electron chi connectivity index (χ2n) is 4.46. The van der Waals surface area contributed by atoms with Crippen LogP contribution in [-0.4, -0.2) is 35.7 Å². The van der Waals surface area contributed by atoms with E-state index in [1.165, 1.54) is 18.2 Å². The van der Waals surface area contributed by atoms with Crippen molar-refractivity contribution in [3.05, 3.63) is 35.6 Å². The van der Waals surface area contributed by atoms with Crippen LogP contribution in [0.25, 0.3) is 0 Å². The van der Waals surface area contributed by atoms with Crippen molar-refractivity contribution >= 4 is 11.7 Å². The zero-order valence-electron chi connectivity index (χ0n) is 9.93.